The number of aromatic nitrogens is 4. The SMILES string of the molecule is Nc1snnc1Cn1ccn(C2CC2)c1=O. The Labute approximate surface area is 95.5 Å². The zero-order chi connectivity index (χ0) is 11.1. The minimum absolute atomic E-state index is 0.00917. The van der Waals surface area contributed by atoms with E-state index in [4.69, 9.17) is 5.73 Å². The van der Waals surface area contributed by atoms with Gasteiger partial charge in [0.05, 0.1) is 6.54 Å². The van der Waals surface area contributed by atoms with Crippen LogP contribution in [0.2, 0.25) is 0 Å². The summed E-state index contributed by atoms with van der Waals surface area (Å²) >= 11 is 1.15. The van der Waals surface area contributed by atoms with Crippen molar-refractivity contribution in [3.63, 3.8) is 0 Å². The number of imidazole rings is 1. The van der Waals surface area contributed by atoms with Crippen molar-refractivity contribution in [1.29, 1.82) is 0 Å². The molecule has 0 aromatic carbocycles. The summed E-state index contributed by atoms with van der Waals surface area (Å²) in [6, 6.07) is 0.402. The van der Waals surface area contributed by atoms with Crippen LogP contribution >= 0.6 is 11.5 Å². The van der Waals surface area contributed by atoms with Crippen LogP contribution in [0.5, 0.6) is 0 Å². The minimum atomic E-state index is 0.00917. The molecular formula is C9H11N5OS. The number of hydrogen-bond acceptors (Lipinski definition) is 5. The lowest BCUT2D eigenvalue weighted by molar-refractivity contribution is 0.650. The number of rotatable bonds is 3. The molecule has 0 radical (unpaired) electrons. The fourth-order valence-electron chi connectivity index (χ4n) is 1.67. The maximum Gasteiger partial charge on any atom is 0.328 e. The van der Waals surface area contributed by atoms with Gasteiger partial charge in [0, 0.05) is 30.0 Å². The molecule has 2 N–H and O–H groups in total. The Bertz CT molecular complexity index is 564. The molecule has 1 aliphatic carbocycles. The first-order valence-corrected chi connectivity index (χ1v) is 5.87. The Hall–Kier alpha value is -1.63. The Morgan fingerprint density at radius 3 is 2.94 bits per heavy atom. The van der Waals surface area contributed by atoms with Crippen molar-refractivity contribution < 1.29 is 0 Å². The minimum Gasteiger partial charge on any atom is -0.388 e. The quantitative estimate of drug-likeness (QED) is 0.841. The second kappa shape index (κ2) is 3.44. The Kier molecular flexibility index (Phi) is 2.06. The zero-order valence-electron chi connectivity index (χ0n) is 8.54. The topological polar surface area (TPSA) is 78.7 Å². The van der Waals surface area contributed by atoms with Gasteiger partial charge in [-0.1, -0.05) is 4.49 Å². The molecule has 1 saturated carbocycles. The average Bonchev–Trinajstić information content (AvgIpc) is 2.94. The molecule has 0 atom stereocenters. The predicted octanol–water partition coefficient (Wildman–Crippen LogP) is 0.467. The molecule has 7 heteroatoms. The molecule has 16 heavy (non-hydrogen) atoms. The molecule has 3 rings (SSSR count). The van der Waals surface area contributed by atoms with Crippen LogP contribution in [0.25, 0.3) is 0 Å². The van der Waals surface area contributed by atoms with Gasteiger partial charge in [-0.2, -0.15) is 0 Å². The third kappa shape index (κ3) is 1.53. The third-order valence-electron chi connectivity index (χ3n) is 2.72. The summed E-state index contributed by atoms with van der Waals surface area (Å²) in [5.74, 6) is 0. The first-order chi connectivity index (χ1) is 7.75. The van der Waals surface area contributed by atoms with Gasteiger partial charge in [-0.15, -0.1) is 5.10 Å². The highest BCUT2D eigenvalue weighted by Crippen LogP contribution is 2.33. The monoisotopic (exact) mass is 237 g/mol. The maximum absolute atomic E-state index is 11.9. The van der Waals surface area contributed by atoms with Crippen molar-refractivity contribution in [2.24, 2.45) is 0 Å². The van der Waals surface area contributed by atoms with E-state index in [2.05, 4.69) is 9.59 Å². The molecule has 2 aromatic rings. The van der Waals surface area contributed by atoms with Crippen LogP contribution < -0.4 is 11.4 Å². The van der Waals surface area contributed by atoms with Crippen LogP contribution in [-0.4, -0.2) is 18.7 Å². The van der Waals surface area contributed by atoms with Crippen LogP contribution in [0.15, 0.2) is 17.2 Å². The highest BCUT2D eigenvalue weighted by Gasteiger charge is 2.25. The zero-order valence-corrected chi connectivity index (χ0v) is 9.35. The lowest BCUT2D eigenvalue weighted by atomic mass is 10.4. The van der Waals surface area contributed by atoms with Gasteiger partial charge in [-0.25, -0.2) is 4.79 Å². The van der Waals surface area contributed by atoms with Gasteiger partial charge in [0.1, 0.15) is 10.7 Å². The van der Waals surface area contributed by atoms with E-state index in [0.717, 1.165) is 24.4 Å². The van der Waals surface area contributed by atoms with Gasteiger partial charge in [0.15, 0.2) is 0 Å². The molecule has 0 bridgehead atoms. The first kappa shape index (κ1) is 9.59. The average molecular weight is 237 g/mol. The van der Waals surface area contributed by atoms with Gasteiger partial charge < -0.3 is 5.73 Å². The molecule has 84 valence electrons. The van der Waals surface area contributed by atoms with Gasteiger partial charge in [-0.3, -0.25) is 9.13 Å². The summed E-state index contributed by atoms with van der Waals surface area (Å²) in [5, 5.41) is 4.47. The van der Waals surface area contributed by atoms with Crippen LogP contribution in [-0.2, 0) is 6.54 Å². The van der Waals surface area contributed by atoms with E-state index in [1.54, 1.807) is 15.3 Å². The highest BCUT2D eigenvalue weighted by molar-refractivity contribution is 7.09. The van der Waals surface area contributed by atoms with E-state index in [9.17, 15) is 4.79 Å². The van der Waals surface area contributed by atoms with E-state index in [-0.39, 0.29) is 5.69 Å². The molecule has 0 aliphatic heterocycles. The molecule has 0 spiro atoms. The second-order valence-electron chi connectivity index (χ2n) is 3.93. The van der Waals surface area contributed by atoms with E-state index in [1.807, 2.05) is 6.20 Å². The molecule has 1 fully saturated rings. The van der Waals surface area contributed by atoms with E-state index in [1.165, 1.54) is 0 Å². The lowest BCUT2D eigenvalue weighted by Gasteiger charge is -1.98. The van der Waals surface area contributed by atoms with Crippen molar-refractivity contribution in [3.8, 4) is 0 Å². The largest absolute Gasteiger partial charge is 0.388 e. The van der Waals surface area contributed by atoms with Crippen molar-refractivity contribution >= 4 is 16.5 Å². The first-order valence-electron chi connectivity index (χ1n) is 5.09. The number of nitrogens with two attached hydrogens (primary N) is 1. The third-order valence-corrected chi connectivity index (χ3v) is 3.31. The summed E-state index contributed by atoms with van der Waals surface area (Å²) in [6.45, 7) is 0.404. The normalized spacial score (nSPS) is 15.5. The molecule has 0 saturated heterocycles. The molecule has 2 heterocycles. The Morgan fingerprint density at radius 2 is 2.31 bits per heavy atom. The van der Waals surface area contributed by atoms with Gasteiger partial charge in [0.25, 0.3) is 0 Å². The van der Waals surface area contributed by atoms with Gasteiger partial charge >= 0.3 is 5.69 Å². The standard InChI is InChI=1S/C9H11N5OS/c10-8-7(11-12-16-8)5-13-3-4-14(9(13)15)6-1-2-6/h3-4,6H,1-2,5,10H2. The Morgan fingerprint density at radius 1 is 1.50 bits per heavy atom. The number of nitrogens with zero attached hydrogens (tertiary/aromatic N) is 4. The van der Waals surface area contributed by atoms with E-state index in [0.29, 0.717) is 23.3 Å². The number of anilines is 1. The van der Waals surface area contributed by atoms with Gasteiger partial charge in [0.2, 0.25) is 0 Å². The van der Waals surface area contributed by atoms with Crippen LogP contribution in [0.4, 0.5) is 5.00 Å². The van der Waals surface area contributed by atoms with Crippen LogP contribution in [0.1, 0.15) is 24.6 Å². The fraction of sp³-hybridized carbons (Fsp3) is 0.444. The fourth-order valence-corrected chi connectivity index (χ4v) is 2.10. The predicted molar refractivity (Wildman–Crippen MR) is 60.4 cm³/mol. The summed E-state index contributed by atoms with van der Waals surface area (Å²) in [5.41, 5.74) is 6.37. The van der Waals surface area contributed by atoms with E-state index < -0.39 is 0 Å². The number of hydrogen-bond donors (Lipinski definition) is 1. The Balaban J connectivity index is 1.90. The number of nitrogen functional groups attached to an aromatic ring is 1. The van der Waals surface area contributed by atoms with Crippen molar-refractivity contribution in [3.05, 3.63) is 28.6 Å². The van der Waals surface area contributed by atoms with E-state index >= 15 is 0 Å². The van der Waals surface area contributed by atoms with Crippen LogP contribution in [0, 0.1) is 0 Å². The summed E-state index contributed by atoms with van der Waals surface area (Å²) in [4.78, 5) is 11.9. The summed E-state index contributed by atoms with van der Waals surface area (Å²) < 4.78 is 7.14. The smallest absolute Gasteiger partial charge is 0.328 e. The molecular weight excluding hydrogens is 226 g/mol. The van der Waals surface area contributed by atoms with Crippen molar-refractivity contribution in [2.45, 2.75) is 25.4 Å². The maximum atomic E-state index is 11.9. The highest BCUT2D eigenvalue weighted by atomic mass is 32.1. The van der Waals surface area contributed by atoms with Crippen molar-refractivity contribution in [1.82, 2.24) is 18.7 Å². The molecule has 0 amide bonds. The lowest BCUT2D eigenvalue weighted by Crippen LogP contribution is -2.24. The molecule has 6 nitrogen and oxygen atoms in total. The molecule has 0 unspecified atom stereocenters. The summed E-state index contributed by atoms with van der Waals surface area (Å²) in [7, 11) is 0. The van der Waals surface area contributed by atoms with Crippen molar-refractivity contribution in [2.75, 3.05) is 5.73 Å². The molecule has 2 aromatic heterocycles. The van der Waals surface area contributed by atoms with Crippen LogP contribution in [0.3, 0.4) is 0 Å². The van der Waals surface area contributed by atoms with Gasteiger partial charge in [-0.05, 0) is 12.8 Å². The second-order valence-corrected chi connectivity index (χ2v) is 4.72. The molecule has 1 aliphatic rings. The summed E-state index contributed by atoms with van der Waals surface area (Å²) in [6.07, 6.45) is 5.81.